The molecule has 9 heteroatoms. The fourth-order valence-corrected chi connectivity index (χ4v) is 4.64. The van der Waals surface area contributed by atoms with Gasteiger partial charge in [-0.2, -0.15) is 0 Å². The largest absolute Gasteiger partial charge is 0.380 e. The highest BCUT2D eigenvalue weighted by Gasteiger charge is 2.29. The maximum Gasteiger partial charge on any atom is 0.274 e. The van der Waals surface area contributed by atoms with Gasteiger partial charge in [0.2, 0.25) is 0 Å². The Hall–Kier alpha value is -2.91. The van der Waals surface area contributed by atoms with E-state index < -0.39 is 0 Å². The Bertz CT molecular complexity index is 1050. The minimum atomic E-state index is -0.357. The molecule has 1 aromatic carbocycles. The number of fused-ring (bicyclic) bond motifs is 1. The van der Waals surface area contributed by atoms with Crippen molar-refractivity contribution in [3.63, 3.8) is 0 Å². The summed E-state index contributed by atoms with van der Waals surface area (Å²) in [4.78, 5) is 37.5. The van der Waals surface area contributed by atoms with E-state index in [1.165, 1.54) is 43.1 Å². The van der Waals surface area contributed by atoms with Crippen LogP contribution in [0.15, 0.2) is 36.8 Å². The van der Waals surface area contributed by atoms with Crippen molar-refractivity contribution in [1.82, 2.24) is 19.8 Å². The van der Waals surface area contributed by atoms with Crippen LogP contribution in [-0.2, 0) is 11.3 Å². The van der Waals surface area contributed by atoms with Gasteiger partial charge in [-0.05, 0) is 12.1 Å². The summed E-state index contributed by atoms with van der Waals surface area (Å²) in [6.07, 6.45) is 4.42. The fourth-order valence-electron chi connectivity index (χ4n) is 3.45. The van der Waals surface area contributed by atoms with Gasteiger partial charge in [0.15, 0.2) is 0 Å². The van der Waals surface area contributed by atoms with Gasteiger partial charge in [-0.15, -0.1) is 11.3 Å². The van der Waals surface area contributed by atoms with E-state index in [2.05, 4.69) is 9.97 Å². The van der Waals surface area contributed by atoms with Gasteiger partial charge >= 0.3 is 0 Å². The van der Waals surface area contributed by atoms with E-state index in [9.17, 15) is 14.0 Å². The highest BCUT2D eigenvalue weighted by atomic mass is 32.1. The molecule has 0 unspecified atom stereocenters. The van der Waals surface area contributed by atoms with Gasteiger partial charge in [0, 0.05) is 61.3 Å². The molecule has 3 heterocycles. The summed E-state index contributed by atoms with van der Waals surface area (Å²) in [5.41, 5.74) is 0.864. The first-order valence-electron chi connectivity index (χ1n) is 9.13. The molecule has 0 N–H and O–H groups in total. The SMILES string of the molecule is COCc1c(C(=O)N2CCN(C(=O)c3cnccn3)CC2)sc2cccc(F)c12. The highest BCUT2D eigenvalue weighted by molar-refractivity contribution is 7.21. The van der Waals surface area contributed by atoms with E-state index in [0.717, 1.165) is 4.70 Å². The molecule has 1 aliphatic heterocycles. The third kappa shape index (κ3) is 3.70. The van der Waals surface area contributed by atoms with Gasteiger partial charge in [-0.3, -0.25) is 14.6 Å². The molecule has 2 aromatic heterocycles. The molecule has 4 rings (SSSR count). The van der Waals surface area contributed by atoms with Crippen molar-refractivity contribution in [1.29, 1.82) is 0 Å². The maximum atomic E-state index is 14.4. The summed E-state index contributed by atoms with van der Waals surface area (Å²) in [6.45, 7) is 1.76. The van der Waals surface area contributed by atoms with E-state index in [0.29, 0.717) is 42.0 Å². The molecule has 0 radical (unpaired) electrons. The van der Waals surface area contributed by atoms with Crippen LogP contribution < -0.4 is 0 Å². The molecule has 7 nitrogen and oxygen atoms in total. The van der Waals surface area contributed by atoms with Crippen molar-refractivity contribution in [3.8, 4) is 0 Å². The standard InChI is InChI=1S/C20H19FN4O3S/c1-28-12-13-17-14(21)3-2-4-16(17)29-18(13)20(27)25-9-7-24(8-10-25)19(26)15-11-22-5-6-23-15/h2-6,11H,7-10,12H2,1H3. The van der Waals surface area contributed by atoms with Gasteiger partial charge in [-0.25, -0.2) is 9.37 Å². The number of methoxy groups -OCH3 is 1. The molecule has 1 fully saturated rings. The average molecular weight is 414 g/mol. The van der Waals surface area contributed by atoms with Crippen LogP contribution in [0.3, 0.4) is 0 Å². The van der Waals surface area contributed by atoms with Crippen LogP contribution in [0.1, 0.15) is 25.7 Å². The number of hydrogen-bond acceptors (Lipinski definition) is 6. The van der Waals surface area contributed by atoms with Gasteiger partial charge in [0.05, 0.1) is 17.7 Å². The summed E-state index contributed by atoms with van der Waals surface area (Å²) in [6, 6.07) is 4.83. The van der Waals surface area contributed by atoms with E-state index in [-0.39, 0.29) is 29.9 Å². The number of thiophene rings is 1. The van der Waals surface area contributed by atoms with Crippen LogP contribution in [0.2, 0.25) is 0 Å². The summed E-state index contributed by atoms with van der Waals surface area (Å²) < 4.78 is 20.3. The first-order valence-corrected chi connectivity index (χ1v) is 9.95. The Morgan fingerprint density at radius 3 is 2.52 bits per heavy atom. The molecule has 29 heavy (non-hydrogen) atoms. The van der Waals surface area contributed by atoms with Crippen molar-refractivity contribution in [2.45, 2.75) is 6.61 Å². The predicted molar refractivity (Wildman–Crippen MR) is 106 cm³/mol. The third-order valence-corrected chi connectivity index (χ3v) is 6.07. The Morgan fingerprint density at radius 1 is 1.14 bits per heavy atom. The smallest absolute Gasteiger partial charge is 0.274 e. The quantitative estimate of drug-likeness (QED) is 0.656. The first kappa shape index (κ1) is 19.4. The summed E-state index contributed by atoms with van der Waals surface area (Å²) in [5, 5.41) is 0.444. The molecule has 0 bridgehead atoms. The van der Waals surface area contributed by atoms with Crippen LogP contribution in [0.4, 0.5) is 4.39 Å². The van der Waals surface area contributed by atoms with E-state index >= 15 is 0 Å². The van der Waals surface area contributed by atoms with Crippen molar-refractivity contribution >= 4 is 33.2 Å². The average Bonchev–Trinajstić information content (AvgIpc) is 3.13. The predicted octanol–water partition coefficient (Wildman–Crippen LogP) is 2.58. The third-order valence-electron chi connectivity index (χ3n) is 4.88. The second-order valence-corrected chi connectivity index (χ2v) is 7.68. The van der Waals surface area contributed by atoms with Crippen LogP contribution in [0.25, 0.3) is 10.1 Å². The fraction of sp³-hybridized carbons (Fsp3) is 0.300. The zero-order valence-electron chi connectivity index (χ0n) is 15.8. The molecule has 0 aliphatic carbocycles. The number of nitrogens with zero attached hydrogens (tertiary/aromatic N) is 4. The number of ether oxygens (including phenoxy) is 1. The molecule has 1 aliphatic rings. The zero-order chi connectivity index (χ0) is 20.4. The van der Waals surface area contributed by atoms with Crippen molar-refractivity contribution in [2.75, 3.05) is 33.3 Å². The number of benzene rings is 1. The lowest BCUT2D eigenvalue weighted by Crippen LogP contribution is -2.50. The second kappa shape index (κ2) is 8.22. The van der Waals surface area contributed by atoms with E-state index in [1.54, 1.807) is 21.9 Å². The molecule has 2 amide bonds. The van der Waals surface area contributed by atoms with Crippen molar-refractivity contribution in [3.05, 3.63) is 58.7 Å². The van der Waals surface area contributed by atoms with Crippen LogP contribution in [0, 0.1) is 5.82 Å². The molecule has 3 aromatic rings. The number of piperazine rings is 1. The molecule has 150 valence electrons. The summed E-state index contributed by atoms with van der Waals surface area (Å²) in [5.74, 6) is -0.720. The molecular formula is C20H19FN4O3S. The Labute approximate surface area is 170 Å². The molecule has 0 atom stereocenters. The monoisotopic (exact) mass is 414 g/mol. The highest BCUT2D eigenvalue weighted by Crippen LogP contribution is 2.34. The van der Waals surface area contributed by atoms with E-state index in [4.69, 9.17) is 4.74 Å². The van der Waals surface area contributed by atoms with Gasteiger partial charge in [-0.1, -0.05) is 6.07 Å². The number of carbonyl (C=O) groups excluding carboxylic acids is 2. The minimum absolute atomic E-state index is 0.160. The number of carbonyl (C=O) groups is 2. The van der Waals surface area contributed by atoms with Crippen molar-refractivity contribution < 1.29 is 18.7 Å². The summed E-state index contributed by atoms with van der Waals surface area (Å²) >= 11 is 1.27. The lowest BCUT2D eigenvalue weighted by Gasteiger charge is -2.34. The van der Waals surface area contributed by atoms with Crippen LogP contribution >= 0.6 is 11.3 Å². The number of amides is 2. The second-order valence-electron chi connectivity index (χ2n) is 6.63. The zero-order valence-corrected chi connectivity index (χ0v) is 16.6. The molecular weight excluding hydrogens is 395 g/mol. The minimum Gasteiger partial charge on any atom is -0.380 e. The lowest BCUT2D eigenvalue weighted by molar-refractivity contribution is 0.0532. The summed E-state index contributed by atoms with van der Waals surface area (Å²) in [7, 11) is 1.52. The Morgan fingerprint density at radius 2 is 1.86 bits per heavy atom. The number of aromatic nitrogens is 2. The van der Waals surface area contributed by atoms with Gasteiger partial charge in [0.1, 0.15) is 11.5 Å². The van der Waals surface area contributed by atoms with Gasteiger partial charge in [0.25, 0.3) is 11.8 Å². The van der Waals surface area contributed by atoms with Crippen LogP contribution in [-0.4, -0.2) is 64.9 Å². The lowest BCUT2D eigenvalue weighted by atomic mass is 10.1. The van der Waals surface area contributed by atoms with Crippen molar-refractivity contribution in [2.24, 2.45) is 0 Å². The van der Waals surface area contributed by atoms with E-state index in [1.807, 2.05) is 0 Å². The number of halogens is 1. The van der Waals surface area contributed by atoms with Gasteiger partial charge < -0.3 is 14.5 Å². The normalized spacial score (nSPS) is 14.4. The first-order chi connectivity index (χ1) is 14.1. The Balaban J connectivity index is 1.52. The molecule has 0 saturated carbocycles. The topological polar surface area (TPSA) is 75.6 Å². The molecule has 0 spiro atoms. The maximum absolute atomic E-state index is 14.4. The number of hydrogen-bond donors (Lipinski definition) is 0. The number of rotatable bonds is 4. The molecule has 1 saturated heterocycles. The van der Waals surface area contributed by atoms with Crippen LogP contribution in [0.5, 0.6) is 0 Å². The Kier molecular flexibility index (Phi) is 5.50.